The Morgan fingerprint density at radius 1 is 1.26 bits per heavy atom. The summed E-state index contributed by atoms with van der Waals surface area (Å²) >= 11 is 10.9. The van der Waals surface area contributed by atoms with Crippen LogP contribution in [-0.4, -0.2) is 24.4 Å². The first kappa shape index (κ1) is 15.8. The molecule has 1 aliphatic heterocycles. The van der Waals surface area contributed by atoms with Crippen molar-refractivity contribution in [3.05, 3.63) is 53.3 Å². The fraction of sp³-hybridized carbons (Fsp3) is 0.188. The van der Waals surface area contributed by atoms with Gasteiger partial charge in [0.05, 0.1) is 11.6 Å². The molecule has 0 radical (unpaired) electrons. The maximum absolute atomic E-state index is 13.1. The molecule has 4 nitrogen and oxygen atoms in total. The molecule has 7 heteroatoms. The van der Waals surface area contributed by atoms with Gasteiger partial charge in [0, 0.05) is 5.69 Å². The van der Waals surface area contributed by atoms with Crippen LogP contribution in [0, 0.1) is 5.82 Å². The summed E-state index contributed by atoms with van der Waals surface area (Å²) in [6.07, 6.45) is -0.151. The maximum Gasteiger partial charge on any atom is 0.170 e. The second-order valence-electron chi connectivity index (χ2n) is 4.96. The molecule has 0 aromatic heterocycles. The second-order valence-corrected chi connectivity index (χ2v) is 5.78. The van der Waals surface area contributed by atoms with Gasteiger partial charge in [-0.05, 0) is 42.5 Å². The Kier molecular flexibility index (Phi) is 4.83. The lowest BCUT2D eigenvalue weighted by atomic mass is 10.2. The molecule has 0 amide bonds. The van der Waals surface area contributed by atoms with Gasteiger partial charge in [-0.15, -0.1) is 0 Å². The van der Waals surface area contributed by atoms with E-state index in [2.05, 4.69) is 10.6 Å². The largest absolute Gasteiger partial charge is 0.486 e. The molecule has 0 saturated carbocycles. The molecule has 0 spiro atoms. The number of thiocarbonyl (C=S) groups is 1. The molecule has 120 valence electrons. The van der Waals surface area contributed by atoms with Gasteiger partial charge in [0.15, 0.2) is 16.6 Å². The number of hydrogen-bond acceptors (Lipinski definition) is 3. The van der Waals surface area contributed by atoms with Gasteiger partial charge in [-0.1, -0.05) is 23.7 Å². The average molecular weight is 353 g/mol. The van der Waals surface area contributed by atoms with Crippen LogP contribution < -0.4 is 20.1 Å². The summed E-state index contributed by atoms with van der Waals surface area (Å²) in [5, 5.41) is 6.42. The Labute approximate surface area is 143 Å². The minimum absolute atomic E-state index is 0.0402. The first-order valence-corrected chi connectivity index (χ1v) is 7.79. The van der Waals surface area contributed by atoms with E-state index < -0.39 is 5.82 Å². The fourth-order valence-corrected chi connectivity index (χ4v) is 2.50. The van der Waals surface area contributed by atoms with Crippen LogP contribution in [-0.2, 0) is 0 Å². The molecule has 0 aliphatic carbocycles. The van der Waals surface area contributed by atoms with E-state index in [1.54, 1.807) is 6.07 Å². The van der Waals surface area contributed by atoms with Crippen molar-refractivity contribution in [2.75, 3.05) is 18.5 Å². The van der Waals surface area contributed by atoms with E-state index in [0.29, 0.717) is 24.0 Å². The highest BCUT2D eigenvalue weighted by Gasteiger charge is 2.20. The maximum atomic E-state index is 13.1. The molecule has 0 saturated heterocycles. The molecule has 23 heavy (non-hydrogen) atoms. The molecule has 1 atom stereocenters. The van der Waals surface area contributed by atoms with Crippen molar-refractivity contribution in [1.29, 1.82) is 0 Å². The summed E-state index contributed by atoms with van der Waals surface area (Å²) in [5.74, 6) is 0.989. The number of ether oxygens (including phenoxy) is 2. The van der Waals surface area contributed by atoms with E-state index in [1.807, 2.05) is 24.3 Å². The van der Waals surface area contributed by atoms with E-state index in [0.717, 1.165) is 11.5 Å². The number of rotatable bonds is 3. The van der Waals surface area contributed by atoms with Crippen LogP contribution in [0.3, 0.4) is 0 Å². The van der Waals surface area contributed by atoms with Crippen molar-refractivity contribution in [3.8, 4) is 11.5 Å². The summed E-state index contributed by atoms with van der Waals surface area (Å²) in [6.45, 7) is 0.921. The van der Waals surface area contributed by atoms with Gasteiger partial charge < -0.3 is 20.1 Å². The zero-order chi connectivity index (χ0) is 16.2. The molecule has 3 rings (SSSR count). The lowest BCUT2D eigenvalue weighted by Gasteiger charge is -2.27. The van der Waals surface area contributed by atoms with Gasteiger partial charge in [-0.2, -0.15) is 0 Å². The Morgan fingerprint density at radius 2 is 2.04 bits per heavy atom. The van der Waals surface area contributed by atoms with E-state index >= 15 is 0 Å². The van der Waals surface area contributed by atoms with Crippen LogP contribution in [0.25, 0.3) is 0 Å². The fourth-order valence-electron chi connectivity index (χ4n) is 2.12. The normalized spacial score (nSPS) is 15.8. The van der Waals surface area contributed by atoms with E-state index in [9.17, 15) is 4.39 Å². The van der Waals surface area contributed by atoms with E-state index in [1.165, 1.54) is 12.1 Å². The van der Waals surface area contributed by atoms with Crippen LogP contribution in [0.5, 0.6) is 11.5 Å². The monoisotopic (exact) mass is 352 g/mol. The molecule has 0 bridgehead atoms. The van der Waals surface area contributed by atoms with Crippen molar-refractivity contribution in [3.63, 3.8) is 0 Å². The summed E-state index contributed by atoms with van der Waals surface area (Å²) in [5.41, 5.74) is 0.611. The van der Waals surface area contributed by atoms with Gasteiger partial charge in [0.1, 0.15) is 18.5 Å². The average Bonchev–Trinajstić information content (AvgIpc) is 2.56. The lowest BCUT2D eigenvalue weighted by Crippen LogP contribution is -2.42. The number of halogens is 2. The Morgan fingerprint density at radius 3 is 2.83 bits per heavy atom. The molecule has 1 aliphatic rings. The van der Waals surface area contributed by atoms with Crippen LogP contribution in [0.1, 0.15) is 0 Å². The second kappa shape index (κ2) is 7.02. The van der Waals surface area contributed by atoms with Crippen molar-refractivity contribution >= 4 is 34.6 Å². The minimum Gasteiger partial charge on any atom is -0.486 e. The first-order valence-electron chi connectivity index (χ1n) is 7.00. The Bertz CT molecular complexity index is 729. The van der Waals surface area contributed by atoms with E-state index in [4.69, 9.17) is 33.3 Å². The van der Waals surface area contributed by atoms with Crippen LogP contribution in [0.4, 0.5) is 10.1 Å². The predicted octanol–water partition coefficient (Wildman–Crippen LogP) is 3.61. The van der Waals surface area contributed by atoms with Gasteiger partial charge in [-0.25, -0.2) is 4.39 Å². The molecular weight excluding hydrogens is 339 g/mol. The number of fused-ring (bicyclic) bond motifs is 1. The Hall–Kier alpha value is -2.05. The molecular formula is C16H14ClFN2O2S. The molecule has 1 heterocycles. The van der Waals surface area contributed by atoms with Gasteiger partial charge in [-0.3, -0.25) is 0 Å². The van der Waals surface area contributed by atoms with Crippen LogP contribution in [0.2, 0.25) is 5.02 Å². The van der Waals surface area contributed by atoms with Gasteiger partial charge in [0.25, 0.3) is 0 Å². The third-order valence-electron chi connectivity index (χ3n) is 3.24. The van der Waals surface area contributed by atoms with Crippen molar-refractivity contribution in [2.45, 2.75) is 6.10 Å². The summed E-state index contributed by atoms with van der Waals surface area (Å²) < 4.78 is 24.6. The highest BCUT2D eigenvalue weighted by molar-refractivity contribution is 7.80. The summed E-state index contributed by atoms with van der Waals surface area (Å²) in [7, 11) is 0. The number of para-hydroxylation sites is 2. The molecule has 2 aromatic carbocycles. The van der Waals surface area contributed by atoms with Crippen molar-refractivity contribution in [2.24, 2.45) is 0 Å². The quantitative estimate of drug-likeness (QED) is 0.826. The zero-order valence-electron chi connectivity index (χ0n) is 12.0. The summed E-state index contributed by atoms with van der Waals surface area (Å²) in [6, 6.07) is 11.8. The number of hydrogen-bond donors (Lipinski definition) is 2. The highest BCUT2D eigenvalue weighted by atomic mass is 35.5. The molecule has 0 fully saturated rings. The minimum atomic E-state index is -0.470. The third-order valence-corrected chi connectivity index (χ3v) is 3.77. The third kappa shape index (κ3) is 4.03. The molecule has 1 unspecified atom stereocenters. The topological polar surface area (TPSA) is 42.5 Å². The smallest absolute Gasteiger partial charge is 0.170 e. The highest BCUT2D eigenvalue weighted by Crippen LogP contribution is 2.30. The predicted molar refractivity (Wildman–Crippen MR) is 92.0 cm³/mol. The number of nitrogens with one attached hydrogen (secondary N) is 2. The number of benzene rings is 2. The van der Waals surface area contributed by atoms with Crippen LogP contribution >= 0.6 is 23.8 Å². The van der Waals surface area contributed by atoms with Gasteiger partial charge >= 0.3 is 0 Å². The zero-order valence-corrected chi connectivity index (χ0v) is 13.6. The molecule has 2 N–H and O–H groups in total. The van der Waals surface area contributed by atoms with E-state index in [-0.39, 0.29) is 11.1 Å². The number of anilines is 1. The van der Waals surface area contributed by atoms with Gasteiger partial charge in [0.2, 0.25) is 0 Å². The Balaban J connectivity index is 1.51. The van der Waals surface area contributed by atoms with Crippen molar-refractivity contribution in [1.82, 2.24) is 5.32 Å². The summed E-state index contributed by atoms with van der Waals surface area (Å²) in [4.78, 5) is 0. The first-order chi connectivity index (χ1) is 11.1. The lowest BCUT2D eigenvalue weighted by molar-refractivity contribution is 0.0939. The SMILES string of the molecule is Fc1ccc(NC(=S)NCC2COc3ccccc3O2)cc1Cl. The molecule has 2 aromatic rings. The van der Waals surface area contributed by atoms with Crippen molar-refractivity contribution < 1.29 is 13.9 Å². The standard InChI is InChI=1S/C16H14ClFN2O2S/c17-12-7-10(5-6-13(12)18)20-16(23)19-8-11-9-21-14-3-1-2-4-15(14)22-11/h1-7,11H,8-9H2,(H2,19,20,23). The van der Waals surface area contributed by atoms with Crippen LogP contribution in [0.15, 0.2) is 42.5 Å².